The summed E-state index contributed by atoms with van der Waals surface area (Å²) in [5.41, 5.74) is 6.33. The summed E-state index contributed by atoms with van der Waals surface area (Å²) in [4.78, 5) is 16.4. The molecular weight excluding hydrogens is 462 g/mol. The minimum Gasteiger partial charge on any atom is -0.372 e. The van der Waals surface area contributed by atoms with E-state index in [0.717, 1.165) is 23.8 Å². The lowest BCUT2D eigenvalue weighted by atomic mass is 9.99. The molecule has 11 heteroatoms. The first-order valence-electron chi connectivity index (χ1n) is 10.4. The van der Waals surface area contributed by atoms with E-state index in [2.05, 4.69) is 15.4 Å². The van der Waals surface area contributed by atoms with Crippen LogP contribution < -0.4 is 11.1 Å². The van der Waals surface area contributed by atoms with E-state index in [1.165, 1.54) is 23.9 Å². The molecule has 1 unspecified atom stereocenters. The summed E-state index contributed by atoms with van der Waals surface area (Å²) in [7, 11) is 1.41. The molecule has 0 saturated carbocycles. The van der Waals surface area contributed by atoms with E-state index in [1.54, 1.807) is 13.1 Å². The molecule has 0 saturated heterocycles. The molecule has 178 valence electrons. The predicted molar refractivity (Wildman–Crippen MR) is 126 cm³/mol. The van der Waals surface area contributed by atoms with Crippen LogP contribution in [0.5, 0.6) is 0 Å². The number of nitrogens with two attached hydrogens (primary N) is 1. The molecule has 0 radical (unpaired) electrons. The summed E-state index contributed by atoms with van der Waals surface area (Å²) in [5.74, 6) is -1.71. The van der Waals surface area contributed by atoms with Gasteiger partial charge in [0.05, 0.1) is 0 Å². The highest BCUT2D eigenvalue weighted by atomic mass is 32.2. The van der Waals surface area contributed by atoms with E-state index in [9.17, 15) is 13.6 Å². The van der Waals surface area contributed by atoms with Gasteiger partial charge in [-0.1, -0.05) is 42.1 Å². The third kappa shape index (κ3) is 5.35. The van der Waals surface area contributed by atoms with Gasteiger partial charge in [-0.05, 0) is 43.5 Å². The molecule has 1 heterocycles. The molecular formula is C23H24F2N6O2S. The molecule has 0 bridgehead atoms. The number of carbonyl (C=O) groups excluding carboxylic acids is 1. The van der Waals surface area contributed by atoms with Crippen molar-refractivity contribution in [3.8, 4) is 6.19 Å². The van der Waals surface area contributed by atoms with Gasteiger partial charge in [-0.15, -0.1) is 0 Å². The van der Waals surface area contributed by atoms with E-state index >= 15 is 0 Å². The summed E-state index contributed by atoms with van der Waals surface area (Å²) in [6, 6.07) is 12.3. The normalized spacial score (nSPS) is 18.9. The molecule has 2 atom stereocenters. The van der Waals surface area contributed by atoms with E-state index < -0.39 is 28.5 Å². The van der Waals surface area contributed by atoms with Gasteiger partial charge in [-0.25, -0.2) is 13.8 Å². The van der Waals surface area contributed by atoms with Crippen molar-refractivity contribution in [1.82, 2.24) is 10.3 Å². The number of guanidine groups is 1. The van der Waals surface area contributed by atoms with Crippen molar-refractivity contribution in [2.45, 2.75) is 30.7 Å². The Kier molecular flexibility index (Phi) is 8.20. The van der Waals surface area contributed by atoms with Crippen LogP contribution in [0.2, 0.25) is 0 Å². The number of nitrogens with zero attached hydrogens (tertiary/aromatic N) is 4. The Morgan fingerprint density at radius 3 is 2.76 bits per heavy atom. The average molecular weight is 487 g/mol. The van der Waals surface area contributed by atoms with Crippen LogP contribution >= 0.6 is 11.8 Å². The van der Waals surface area contributed by atoms with Crippen molar-refractivity contribution in [2.75, 3.05) is 13.7 Å². The number of hydrazone groups is 1. The number of thioether (sulfide) groups is 1. The summed E-state index contributed by atoms with van der Waals surface area (Å²) in [5, 5.41) is 16.8. The van der Waals surface area contributed by atoms with E-state index in [-0.39, 0.29) is 23.1 Å². The Hall–Kier alpha value is -3.49. The zero-order chi connectivity index (χ0) is 24.7. The summed E-state index contributed by atoms with van der Waals surface area (Å²) in [6.45, 7) is 1.86. The lowest BCUT2D eigenvalue weighted by Gasteiger charge is -2.36. The van der Waals surface area contributed by atoms with Gasteiger partial charge in [0.1, 0.15) is 27.7 Å². The number of amides is 1. The fourth-order valence-electron chi connectivity index (χ4n) is 3.46. The molecule has 8 nitrogen and oxygen atoms in total. The van der Waals surface area contributed by atoms with Gasteiger partial charge in [-0.3, -0.25) is 15.1 Å². The number of hydrogen-bond acceptors (Lipinski definition) is 6. The van der Waals surface area contributed by atoms with Crippen LogP contribution in [-0.4, -0.2) is 41.7 Å². The molecule has 0 spiro atoms. The molecule has 0 aliphatic carbocycles. The molecule has 3 rings (SSSR count). The largest absolute Gasteiger partial charge is 0.372 e. The number of methoxy groups -OCH3 is 1. The first-order valence-corrected chi connectivity index (χ1v) is 11.2. The molecule has 1 aliphatic rings. The second-order valence-corrected chi connectivity index (χ2v) is 8.68. The van der Waals surface area contributed by atoms with Gasteiger partial charge in [0.2, 0.25) is 5.96 Å². The fraction of sp³-hybridized carbons (Fsp3) is 0.304. The van der Waals surface area contributed by atoms with Crippen LogP contribution in [0.15, 0.2) is 58.6 Å². The van der Waals surface area contributed by atoms with Gasteiger partial charge < -0.3 is 10.5 Å². The number of halogens is 2. The quantitative estimate of drug-likeness (QED) is 0.195. The van der Waals surface area contributed by atoms with E-state index in [4.69, 9.17) is 15.7 Å². The first kappa shape index (κ1) is 25.1. The monoisotopic (exact) mass is 486 g/mol. The molecule has 1 aliphatic heterocycles. The van der Waals surface area contributed by atoms with Crippen LogP contribution in [0.3, 0.4) is 0 Å². The van der Waals surface area contributed by atoms with Crippen LogP contribution in [-0.2, 0) is 14.4 Å². The lowest BCUT2D eigenvalue weighted by molar-refractivity contribution is -0.144. The van der Waals surface area contributed by atoms with Crippen molar-refractivity contribution in [2.24, 2.45) is 15.8 Å². The Morgan fingerprint density at radius 2 is 2.09 bits per heavy atom. The molecule has 3 N–H and O–H groups in total. The maximum absolute atomic E-state index is 14.6. The Labute approximate surface area is 200 Å². The number of benzene rings is 2. The maximum Gasteiger partial charge on any atom is 0.273 e. The summed E-state index contributed by atoms with van der Waals surface area (Å²) >= 11 is 1.17. The van der Waals surface area contributed by atoms with E-state index in [1.807, 2.05) is 30.3 Å². The zero-order valence-corrected chi connectivity index (χ0v) is 19.5. The molecule has 0 aromatic heterocycles. The van der Waals surface area contributed by atoms with Crippen molar-refractivity contribution >= 4 is 28.7 Å². The van der Waals surface area contributed by atoms with Crippen molar-refractivity contribution in [1.29, 1.82) is 5.26 Å². The van der Waals surface area contributed by atoms with Crippen LogP contribution in [0, 0.1) is 23.1 Å². The predicted octanol–water partition coefficient (Wildman–Crippen LogP) is 3.26. The third-order valence-corrected chi connectivity index (χ3v) is 6.68. The maximum atomic E-state index is 14.6. The summed E-state index contributed by atoms with van der Waals surface area (Å²) < 4.78 is 33.8. The second kappa shape index (κ2) is 11.1. The van der Waals surface area contributed by atoms with Crippen LogP contribution in [0.25, 0.3) is 0 Å². The Morgan fingerprint density at radius 1 is 1.35 bits per heavy atom. The highest BCUT2D eigenvalue weighted by Crippen LogP contribution is 2.51. The zero-order valence-electron chi connectivity index (χ0n) is 18.7. The minimum absolute atomic E-state index is 0.0185. The van der Waals surface area contributed by atoms with Gasteiger partial charge in [-0.2, -0.15) is 10.4 Å². The standard InChI is InChI=1S/C23H24F2N6O2S/c1-15(33-2)21(32)31-23(16-7-4-3-5-8-16,11-6-12-28-22(27)29-14-26)34-20(30-31)18-13-17(24)9-10-19(18)25/h3-5,7-10,13,15H,6,11-12H2,1-2H3,(H3,27,28,29)/t15-,23?/m0/s1. The molecule has 2 aromatic carbocycles. The molecule has 0 fully saturated rings. The number of ether oxygens (including phenoxy) is 1. The highest BCUT2D eigenvalue weighted by Gasteiger charge is 2.49. The minimum atomic E-state index is -1.06. The highest BCUT2D eigenvalue weighted by molar-refractivity contribution is 8.15. The number of hydrogen-bond donors (Lipinski definition) is 2. The van der Waals surface area contributed by atoms with Gasteiger partial charge >= 0.3 is 0 Å². The molecule has 2 aromatic rings. The second-order valence-electron chi connectivity index (χ2n) is 7.42. The van der Waals surface area contributed by atoms with Gasteiger partial charge in [0, 0.05) is 19.2 Å². The first-order chi connectivity index (χ1) is 16.3. The number of rotatable bonds is 8. The van der Waals surface area contributed by atoms with Gasteiger partial charge in [0.25, 0.3) is 5.91 Å². The van der Waals surface area contributed by atoms with Crippen LogP contribution in [0.4, 0.5) is 8.78 Å². The molecule has 1 amide bonds. The van der Waals surface area contributed by atoms with E-state index in [0.29, 0.717) is 12.8 Å². The van der Waals surface area contributed by atoms with Crippen molar-refractivity contribution in [3.63, 3.8) is 0 Å². The Balaban J connectivity index is 2.05. The van der Waals surface area contributed by atoms with Gasteiger partial charge in [0.15, 0.2) is 6.19 Å². The third-order valence-electron chi connectivity index (χ3n) is 5.23. The Bertz CT molecular complexity index is 1140. The smallest absolute Gasteiger partial charge is 0.273 e. The topological polar surface area (TPSA) is 116 Å². The van der Waals surface area contributed by atoms with Crippen molar-refractivity contribution < 1.29 is 18.3 Å². The number of nitrogens with one attached hydrogen (secondary N) is 1. The summed E-state index contributed by atoms with van der Waals surface area (Å²) in [6.07, 6.45) is 1.69. The lowest BCUT2D eigenvalue weighted by Crippen LogP contribution is -2.45. The SMILES string of the molecule is CO[C@@H](C)C(=O)N1N=C(c2cc(F)ccc2F)SC1(CCCN=C(N)NC#N)c1ccccc1. The number of carbonyl (C=O) groups is 1. The fourth-order valence-corrected chi connectivity index (χ4v) is 4.89. The number of aliphatic imine (C=N–C) groups is 1. The van der Waals surface area contributed by atoms with Crippen molar-refractivity contribution in [3.05, 3.63) is 71.3 Å². The average Bonchev–Trinajstić information content (AvgIpc) is 3.23. The number of nitriles is 1. The van der Waals surface area contributed by atoms with Crippen LogP contribution in [0.1, 0.15) is 30.9 Å². The molecule has 34 heavy (non-hydrogen) atoms.